The van der Waals surface area contributed by atoms with E-state index in [1.54, 1.807) is 32.4 Å². The molecular formula is C19H30ClN3O5. The van der Waals surface area contributed by atoms with Crippen molar-refractivity contribution in [3.8, 4) is 11.5 Å². The number of carboxylic acid groups (broad SMARTS) is 1. The van der Waals surface area contributed by atoms with Crippen molar-refractivity contribution in [1.82, 2.24) is 9.80 Å². The Kier molecular flexibility index (Phi) is 10.1. The summed E-state index contributed by atoms with van der Waals surface area (Å²) in [5, 5.41) is 11.8. The fraction of sp³-hybridized carbons (Fsp3) is 0.579. The Bertz CT molecular complexity index is 658. The molecule has 1 aliphatic rings. The second-order valence-corrected chi connectivity index (χ2v) is 6.79. The Balaban J connectivity index is 0.00000392. The number of carbonyl (C=O) groups excluding carboxylic acids is 1. The van der Waals surface area contributed by atoms with Gasteiger partial charge in [0.1, 0.15) is 0 Å². The molecule has 1 fully saturated rings. The van der Waals surface area contributed by atoms with Crippen LogP contribution < -0.4 is 14.8 Å². The Morgan fingerprint density at radius 3 is 2.57 bits per heavy atom. The summed E-state index contributed by atoms with van der Waals surface area (Å²) in [6.45, 7) is 1.96. The SMILES string of the molecule is COc1ccc(NC(=O)CN2CCCC(N(C)CC(=O)O)CC2)cc1OC.Cl. The first-order valence-corrected chi connectivity index (χ1v) is 9.09. The van der Waals surface area contributed by atoms with E-state index in [9.17, 15) is 9.59 Å². The molecule has 1 heterocycles. The van der Waals surface area contributed by atoms with E-state index in [4.69, 9.17) is 14.6 Å². The number of carbonyl (C=O) groups is 2. The van der Waals surface area contributed by atoms with Crippen molar-refractivity contribution < 1.29 is 24.2 Å². The van der Waals surface area contributed by atoms with Gasteiger partial charge < -0.3 is 19.9 Å². The van der Waals surface area contributed by atoms with Crippen LogP contribution in [0.4, 0.5) is 5.69 Å². The van der Waals surface area contributed by atoms with Crippen molar-refractivity contribution in [3.05, 3.63) is 18.2 Å². The van der Waals surface area contributed by atoms with Crippen LogP contribution >= 0.6 is 12.4 Å². The summed E-state index contributed by atoms with van der Waals surface area (Å²) >= 11 is 0. The van der Waals surface area contributed by atoms with Crippen molar-refractivity contribution in [2.24, 2.45) is 0 Å². The summed E-state index contributed by atoms with van der Waals surface area (Å²) in [5.41, 5.74) is 0.659. The largest absolute Gasteiger partial charge is 0.493 e. The molecule has 0 aliphatic carbocycles. The minimum absolute atomic E-state index is 0. The predicted octanol–water partition coefficient (Wildman–Crippen LogP) is 1.94. The van der Waals surface area contributed by atoms with E-state index >= 15 is 0 Å². The van der Waals surface area contributed by atoms with Crippen LogP contribution in [0.15, 0.2) is 18.2 Å². The van der Waals surface area contributed by atoms with E-state index in [0.717, 1.165) is 32.4 Å². The number of nitrogens with zero attached hydrogens (tertiary/aromatic N) is 2. The van der Waals surface area contributed by atoms with E-state index in [0.29, 0.717) is 23.7 Å². The number of methoxy groups -OCH3 is 2. The van der Waals surface area contributed by atoms with Gasteiger partial charge in [0, 0.05) is 24.3 Å². The molecule has 1 aromatic carbocycles. The fourth-order valence-electron chi connectivity index (χ4n) is 3.40. The molecule has 2 rings (SSSR count). The Hall–Kier alpha value is -2.03. The number of amides is 1. The van der Waals surface area contributed by atoms with Crippen molar-refractivity contribution in [3.63, 3.8) is 0 Å². The van der Waals surface area contributed by atoms with Crippen molar-refractivity contribution in [1.29, 1.82) is 0 Å². The maximum Gasteiger partial charge on any atom is 0.317 e. The van der Waals surface area contributed by atoms with Gasteiger partial charge in [-0.15, -0.1) is 12.4 Å². The molecule has 158 valence electrons. The van der Waals surface area contributed by atoms with Crippen LogP contribution in [0, 0.1) is 0 Å². The van der Waals surface area contributed by atoms with E-state index in [2.05, 4.69) is 10.2 Å². The molecule has 0 spiro atoms. The van der Waals surface area contributed by atoms with E-state index in [1.807, 2.05) is 11.9 Å². The van der Waals surface area contributed by atoms with Gasteiger partial charge in [-0.1, -0.05) is 0 Å². The van der Waals surface area contributed by atoms with Gasteiger partial charge in [0.2, 0.25) is 5.91 Å². The van der Waals surface area contributed by atoms with Crippen LogP contribution in [0.1, 0.15) is 19.3 Å². The highest BCUT2D eigenvalue weighted by Gasteiger charge is 2.22. The maximum atomic E-state index is 12.4. The zero-order valence-corrected chi connectivity index (χ0v) is 17.5. The first kappa shape index (κ1) is 24.0. The normalized spacial score (nSPS) is 17.4. The third-order valence-corrected chi connectivity index (χ3v) is 4.83. The zero-order valence-electron chi connectivity index (χ0n) is 16.6. The fourth-order valence-corrected chi connectivity index (χ4v) is 3.40. The van der Waals surface area contributed by atoms with Gasteiger partial charge in [-0.05, 0) is 45.0 Å². The lowest BCUT2D eigenvalue weighted by Gasteiger charge is -2.25. The zero-order chi connectivity index (χ0) is 19.8. The number of ether oxygens (including phenoxy) is 2. The van der Waals surface area contributed by atoms with Crippen LogP contribution in [0.2, 0.25) is 0 Å². The van der Waals surface area contributed by atoms with Gasteiger partial charge in [-0.3, -0.25) is 19.4 Å². The lowest BCUT2D eigenvalue weighted by Crippen LogP contribution is -2.37. The summed E-state index contributed by atoms with van der Waals surface area (Å²) in [5.74, 6) is 0.279. The Labute approximate surface area is 172 Å². The minimum atomic E-state index is -0.812. The molecule has 1 saturated heterocycles. The average Bonchev–Trinajstić information content (AvgIpc) is 2.86. The molecule has 1 unspecified atom stereocenters. The Morgan fingerprint density at radius 2 is 1.93 bits per heavy atom. The quantitative estimate of drug-likeness (QED) is 0.670. The Morgan fingerprint density at radius 1 is 1.21 bits per heavy atom. The number of rotatable bonds is 8. The number of hydrogen-bond acceptors (Lipinski definition) is 6. The molecule has 1 amide bonds. The number of likely N-dealkylation sites (tertiary alicyclic amines) is 1. The number of anilines is 1. The summed E-state index contributed by atoms with van der Waals surface area (Å²) < 4.78 is 10.5. The number of hydrogen-bond donors (Lipinski definition) is 2. The van der Waals surface area contributed by atoms with Crippen LogP contribution in [0.5, 0.6) is 11.5 Å². The van der Waals surface area contributed by atoms with Gasteiger partial charge in [-0.25, -0.2) is 0 Å². The number of carboxylic acids is 1. The smallest absolute Gasteiger partial charge is 0.317 e. The summed E-state index contributed by atoms with van der Waals surface area (Å²) in [4.78, 5) is 27.3. The number of halogens is 1. The highest BCUT2D eigenvalue weighted by molar-refractivity contribution is 5.92. The lowest BCUT2D eigenvalue weighted by molar-refractivity contribution is -0.138. The summed E-state index contributed by atoms with van der Waals surface area (Å²) in [7, 11) is 4.97. The molecule has 1 atom stereocenters. The van der Waals surface area contributed by atoms with Crippen LogP contribution in [0.25, 0.3) is 0 Å². The minimum Gasteiger partial charge on any atom is -0.493 e. The monoisotopic (exact) mass is 415 g/mol. The summed E-state index contributed by atoms with van der Waals surface area (Å²) in [6, 6.07) is 5.50. The van der Waals surface area contributed by atoms with Crippen molar-refractivity contribution >= 4 is 30.0 Å². The number of aliphatic carboxylic acids is 1. The first-order valence-electron chi connectivity index (χ1n) is 9.09. The van der Waals surface area contributed by atoms with Gasteiger partial charge in [-0.2, -0.15) is 0 Å². The topological polar surface area (TPSA) is 91.3 Å². The molecule has 1 aromatic rings. The standard InChI is InChI=1S/C19H29N3O5.ClH/c1-21(13-19(24)25)15-5-4-9-22(10-8-15)12-18(23)20-14-6-7-16(26-2)17(11-14)27-3;/h6-7,11,15H,4-5,8-10,12-13H2,1-3H3,(H,20,23)(H,24,25);1H. The van der Waals surface area contributed by atoms with Gasteiger partial charge >= 0.3 is 5.97 Å². The highest BCUT2D eigenvalue weighted by Crippen LogP contribution is 2.29. The second-order valence-electron chi connectivity index (χ2n) is 6.79. The third-order valence-electron chi connectivity index (χ3n) is 4.83. The van der Waals surface area contributed by atoms with Crippen LogP contribution in [-0.2, 0) is 9.59 Å². The number of nitrogens with one attached hydrogen (secondary N) is 1. The first-order chi connectivity index (χ1) is 12.9. The van der Waals surface area contributed by atoms with Crippen molar-refractivity contribution in [2.75, 3.05) is 52.8 Å². The van der Waals surface area contributed by atoms with Gasteiger partial charge in [0.25, 0.3) is 0 Å². The predicted molar refractivity (Wildman–Crippen MR) is 110 cm³/mol. The van der Waals surface area contributed by atoms with E-state index in [1.165, 1.54) is 0 Å². The maximum absolute atomic E-state index is 12.4. The summed E-state index contributed by atoms with van der Waals surface area (Å²) in [6.07, 6.45) is 2.74. The number of benzene rings is 1. The van der Waals surface area contributed by atoms with Crippen LogP contribution in [-0.4, -0.2) is 80.3 Å². The number of likely N-dealkylation sites (N-methyl/N-ethyl adjacent to an activating group) is 1. The molecule has 1 aliphatic heterocycles. The molecule has 8 nitrogen and oxygen atoms in total. The molecule has 2 N–H and O–H groups in total. The lowest BCUT2D eigenvalue weighted by atomic mass is 10.1. The molecule has 0 bridgehead atoms. The average molecular weight is 416 g/mol. The molecule has 0 radical (unpaired) electrons. The van der Waals surface area contributed by atoms with E-state index in [-0.39, 0.29) is 30.9 Å². The van der Waals surface area contributed by atoms with Gasteiger partial charge in [0.15, 0.2) is 11.5 Å². The van der Waals surface area contributed by atoms with E-state index < -0.39 is 5.97 Å². The molecular weight excluding hydrogens is 386 g/mol. The van der Waals surface area contributed by atoms with Gasteiger partial charge in [0.05, 0.1) is 27.3 Å². The molecule has 0 aromatic heterocycles. The van der Waals surface area contributed by atoms with Crippen molar-refractivity contribution in [2.45, 2.75) is 25.3 Å². The third kappa shape index (κ3) is 7.18. The second kappa shape index (κ2) is 11.7. The van der Waals surface area contributed by atoms with Crippen LogP contribution in [0.3, 0.4) is 0 Å². The molecule has 9 heteroatoms. The molecule has 0 saturated carbocycles. The highest BCUT2D eigenvalue weighted by atomic mass is 35.5. The molecule has 28 heavy (non-hydrogen) atoms.